The lowest BCUT2D eigenvalue weighted by molar-refractivity contribution is 0.0742. The number of carbonyl (C=O) groups excluding carboxylic acids is 1. The van der Waals surface area contributed by atoms with Gasteiger partial charge in [0.05, 0.1) is 10.9 Å². The minimum atomic E-state index is -3.80. The Kier molecular flexibility index (Phi) is 6.17. The summed E-state index contributed by atoms with van der Waals surface area (Å²) in [6, 6.07) is 16.9. The molecule has 0 heterocycles. The second kappa shape index (κ2) is 8.62. The Labute approximate surface area is 174 Å². The van der Waals surface area contributed by atoms with Gasteiger partial charge in [-0.2, -0.15) is 0 Å². The molecule has 0 aliphatic carbocycles. The molecule has 3 aromatic rings. The number of hydrogen-bond donors (Lipinski definition) is 1. The van der Waals surface area contributed by atoms with Crippen LogP contribution in [-0.2, 0) is 10.0 Å². The van der Waals surface area contributed by atoms with Gasteiger partial charge in [-0.05, 0) is 55.0 Å². The van der Waals surface area contributed by atoms with Gasteiger partial charge in [-0.1, -0.05) is 30.3 Å². The highest BCUT2D eigenvalue weighted by Gasteiger charge is 2.21. The topological polar surface area (TPSA) is 66.5 Å². The maximum atomic E-state index is 13.5. The highest BCUT2D eigenvalue weighted by Crippen LogP contribution is 2.24. The summed E-state index contributed by atoms with van der Waals surface area (Å²) in [5, 5.41) is 0. The Morgan fingerprint density at radius 2 is 1.63 bits per heavy atom. The maximum absolute atomic E-state index is 13.5. The van der Waals surface area contributed by atoms with E-state index in [1.54, 1.807) is 37.3 Å². The second-order valence-electron chi connectivity index (χ2n) is 6.76. The number of halogens is 2. The number of hydrogen-bond acceptors (Lipinski definition) is 3. The van der Waals surface area contributed by atoms with E-state index in [2.05, 4.69) is 4.72 Å². The van der Waals surface area contributed by atoms with Crippen molar-refractivity contribution in [2.75, 3.05) is 11.8 Å². The van der Waals surface area contributed by atoms with E-state index in [0.29, 0.717) is 5.56 Å². The average molecular weight is 430 g/mol. The molecule has 0 saturated carbocycles. The fourth-order valence-electron chi connectivity index (χ4n) is 2.90. The largest absolute Gasteiger partial charge is 0.335 e. The standard InChI is InChI=1S/C22H20F2N2O3S/c1-15(16-11-12-20(23)21(24)14-16)26(2)22(27)17-7-6-8-18(13-17)25-30(28,29)19-9-4-3-5-10-19/h3-15,25H,1-2H3. The Hall–Kier alpha value is -3.26. The zero-order valence-corrected chi connectivity index (χ0v) is 17.2. The molecule has 8 heteroatoms. The van der Waals surface area contributed by atoms with Gasteiger partial charge >= 0.3 is 0 Å². The number of nitrogens with one attached hydrogen (secondary N) is 1. The number of amides is 1. The van der Waals surface area contributed by atoms with Gasteiger partial charge in [-0.3, -0.25) is 9.52 Å². The summed E-state index contributed by atoms with van der Waals surface area (Å²) in [6.07, 6.45) is 0. The molecular weight excluding hydrogens is 410 g/mol. The number of benzene rings is 3. The first-order chi connectivity index (χ1) is 14.2. The van der Waals surface area contributed by atoms with Crippen LogP contribution in [0.25, 0.3) is 0 Å². The van der Waals surface area contributed by atoms with Crippen LogP contribution in [0.3, 0.4) is 0 Å². The summed E-state index contributed by atoms with van der Waals surface area (Å²) in [4.78, 5) is 14.4. The lowest BCUT2D eigenvalue weighted by Gasteiger charge is -2.25. The van der Waals surface area contributed by atoms with Crippen LogP contribution in [0.2, 0.25) is 0 Å². The zero-order chi connectivity index (χ0) is 21.9. The van der Waals surface area contributed by atoms with E-state index in [4.69, 9.17) is 0 Å². The quantitative estimate of drug-likeness (QED) is 0.622. The van der Waals surface area contributed by atoms with E-state index in [-0.39, 0.29) is 16.1 Å². The number of nitrogens with zero attached hydrogens (tertiary/aromatic N) is 1. The van der Waals surface area contributed by atoms with E-state index in [9.17, 15) is 22.0 Å². The summed E-state index contributed by atoms with van der Waals surface area (Å²) in [7, 11) is -2.26. The zero-order valence-electron chi connectivity index (χ0n) is 16.3. The van der Waals surface area contributed by atoms with Crippen molar-refractivity contribution in [2.24, 2.45) is 0 Å². The summed E-state index contributed by atoms with van der Waals surface area (Å²) in [5.41, 5.74) is 0.921. The predicted molar refractivity (Wildman–Crippen MR) is 111 cm³/mol. The van der Waals surface area contributed by atoms with E-state index in [0.717, 1.165) is 12.1 Å². The molecular formula is C22H20F2N2O3S. The van der Waals surface area contributed by atoms with Crippen molar-refractivity contribution in [1.82, 2.24) is 4.90 Å². The molecule has 0 aromatic heterocycles. The van der Waals surface area contributed by atoms with Crippen molar-refractivity contribution in [3.63, 3.8) is 0 Å². The second-order valence-corrected chi connectivity index (χ2v) is 8.45. The van der Waals surface area contributed by atoms with Gasteiger partial charge in [0.2, 0.25) is 0 Å². The minimum absolute atomic E-state index is 0.103. The molecule has 1 atom stereocenters. The first-order valence-electron chi connectivity index (χ1n) is 9.09. The molecule has 30 heavy (non-hydrogen) atoms. The minimum Gasteiger partial charge on any atom is -0.335 e. The maximum Gasteiger partial charge on any atom is 0.261 e. The first-order valence-corrected chi connectivity index (χ1v) is 10.6. The van der Waals surface area contributed by atoms with Gasteiger partial charge in [0.25, 0.3) is 15.9 Å². The molecule has 0 bridgehead atoms. The third-order valence-electron chi connectivity index (χ3n) is 4.74. The average Bonchev–Trinajstić information content (AvgIpc) is 2.74. The van der Waals surface area contributed by atoms with Crippen LogP contribution in [-0.4, -0.2) is 26.3 Å². The first kappa shape index (κ1) is 21.4. The van der Waals surface area contributed by atoms with Crippen LogP contribution < -0.4 is 4.72 Å². The summed E-state index contributed by atoms with van der Waals surface area (Å²) in [5.74, 6) is -2.34. The van der Waals surface area contributed by atoms with Gasteiger partial charge < -0.3 is 4.90 Å². The van der Waals surface area contributed by atoms with Gasteiger partial charge in [-0.15, -0.1) is 0 Å². The van der Waals surface area contributed by atoms with E-state index >= 15 is 0 Å². The van der Waals surface area contributed by atoms with Crippen molar-refractivity contribution >= 4 is 21.6 Å². The number of carbonyl (C=O) groups is 1. The molecule has 0 aliphatic heterocycles. The van der Waals surface area contributed by atoms with Gasteiger partial charge in [0.15, 0.2) is 11.6 Å². The van der Waals surface area contributed by atoms with Crippen LogP contribution in [0.1, 0.15) is 28.9 Å². The number of sulfonamides is 1. The summed E-state index contributed by atoms with van der Waals surface area (Å²) >= 11 is 0. The molecule has 5 nitrogen and oxygen atoms in total. The van der Waals surface area contributed by atoms with Crippen molar-refractivity contribution in [2.45, 2.75) is 17.9 Å². The summed E-state index contributed by atoms with van der Waals surface area (Å²) in [6.45, 7) is 1.69. The van der Waals surface area contributed by atoms with E-state index in [1.807, 2.05) is 0 Å². The third-order valence-corrected chi connectivity index (χ3v) is 6.14. The Bertz CT molecular complexity index is 1170. The SMILES string of the molecule is CC(c1ccc(F)c(F)c1)N(C)C(=O)c1cccc(NS(=O)(=O)c2ccccc2)c1. The lowest BCUT2D eigenvalue weighted by Crippen LogP contribution is -2.29. The predicted octanol–water partition coefficient (Wildman–Crippen LogP) is 4.60. The molecule has 1 unspecified atom stereocenters. The Morgan fingerprint density at radius 1 is 0.933 bits per heavy atom. The van der Waals surface area contributed by atoms with E-state index in [1.165, 1.54) is 42.3 Å². The molecule has 0 spiro atoms. The van der Waals surface area contributed by atoms with Crippen LogP contribution in [0.4, 0.5) is 14.5 Å². The molecule has 0 radical (unpaired) electrons. The smallest absolute Gasteiger partial charge is 0.261 e. The van der Waals surface area contributed by atoms with Gasteiger partial charge in [0.1, 0.15) is 0 Å². The van der Waals surface area contributed by atoms with Crippen molar-refractivity contribution in [3.05, 3.63) is 95.6 Å². The van der Waals surface area contributed by atoms with Crippen LogP contribution in [0.15, 0.2) is 77.7 Å². The molecule has 0 fully saturated rings. The Balaban J connectivity index is 1.81. The summed E-state index contributed by atoms with van der Waals surface area (Å²) < 4.78 is 54.2. The third kappa shape index (κ3) is 4.65. The van der Waals surface area contributed by atoms with E-state index < -0.39 is 33.6 Å². The highest BCUT2D eigenvalue weighted by molar-refractivity contribution is 7.92. The van der Waals surface area contributed by atoms with Crippen LogP contribution >= 0.6 is 0 Å². The van der Waals surface area contributed by atoms with Crippen molar-refractivity contribution < 1.29 is 22.0 Å². The van der Waals surface area contributed by atoms with Crippen molar-refractivity contribution in [3.8, 4) is 0 Å². The van der Waals surface area contributed by atoms with Crippen LogP contribution in [0, 0.1) is 11.6 Å². The normalized spacial score (nSPS) is 12.3. The van der Waals surface area contributed by atoms with Crippen molar-refractivity contribution in [1.29, 1.82) is 0 Å². The molecule has 0 aliphatic rings. The lowest BCUT2D eigenvalue weighted by atomic mass is 10.1. The number of rotatable bonds is 6. The molecule has 1 amide bonds. The van der Waals surface area contributed by atoms with Crippen LogP contribution in [0.5, 0.6) is 0 Å². The molecule has 1 N–H and O–H groups in total. The fraction of sp³-hybridized carbons (Fsp3) is 0.136. The molecule has 0 saturated heterocycles. The highest BCUT2D eigenvalue weighted by atomic mass is 32.2. The molecule has 156 valence electrons. The molecule has 3 aromatic carbocycles. The van der Waals surface area contributed by atoms with Gasteiger partial charge in [-0.25, -0.2) is 17.2 Å². The Morgan fingerprint density at radius 3 is 2.30 bits per heavy atom. The monoisotopic (exact) mass is 430 g/mol. The molecule has 3 rings (SSSR count). The number of anilines is 1. The van der Waals surface area contributed by atoms with Gasteiger partial charge in [0, 0.05) is 18.3 Å². The fourth-order valence-corrected chi connectivity index (χ4v) is 3.98.